The van der Waals surface area contributed by atoms with Gasteiger partial charge >= 0.3 is 11.9 Å². The van der Waals surface area contributed by atoms with Gasteiger partial charge in [-0.15, -0.1) is 0 Å². The molecule has 0 aromatic heterocycles. The van der Waals surface area contributed by atoms with Crippen LogP contribution in [0.2, 0.25) is 0 Å². The molecule has 3 aliphatic heterocycles. The van der Waals surface area contributed by atoms with E-state index >= 15 is 0 Å². The van der Waals surface area contributed by atoms with Crippen LogP contribution in [0, 0.1) is 34.5 Å². The number of allylic oxidation sites excluding steroid dienone is 1. The maximum atomic E-state index is 14.5. The number of carbonyl (C=O) groups is 4. The second-order valence-electron chi connectivity index (χ2n) is 13.4. The molecule has 0 spiro atoms. The number of Topliss-reactive ketones (excluding diaryl/α,β-unsaturated/α-hetero) is 1. The van der Waals surface area contributed by atoms with Gasteiger partial charge < -0.3 is 29.9 Å². The highest BCUT2D eigenvalue weighted by Crippen LogP contribution is 2.68. The Labute approximate surface area is 224 Å². The van der Waals surface area contributed by atoms with Gasteiger partial charge in [-0.05, 0) is 63.4 Å². The fourth-order valence-corrected chi connectivity index (χ4v) is 9.79. The first-order valence-corrected chi connectivity index (χ1v) is 13.7. The van der Waals surface area contributed by atoms with Gasteiger partial charge in [0.15, 0.2) is 28.4 Å². The third kappa shape index (κ3) is 2.42. The number of ether oxygens (including phenoxy) is 2. The first-order chi connectivity index (χ1) is 18.1. The van der Waals surface area contributed by atoms with Gasteiger partial charge in [0.05, 0.1) is 29.7 Å². The first kappa shape index (κ1) is 25.5. The SMILES string of the molecule is C[C@@]12C[C@H]3OC(=O)[C@@H]1CN=C1C(=O)[C@@H]4C[C@@H](O)[C@@]5(O)CC=CC(=O)[C@]5(C)[C@H]4CC[C@]4(O)C(=O)O[C@]3(C)[C@@]4(O)[C@@H]12. The molecule has 0 aromatic carbocycles. The van der Waals surface area contributed by atoms with Crippen molar-refractivity contribution >= 4 is 29.2 Å². The van der Waals surface area contributed by atoms with E-state index in [4.69, 9.17) is 9.47 Å². The van der Waals surface area contributed by atoms with Gasteiger partial charge in [0.1, 0.15) is 11.7 Å². The predicted octanol–water partition coefficient (Wildman–Crippen LogP) is -0.587. The van der Waals surface area contributed by atoms with E-state index in [0.29, 0.717) is 0 Å². The molecule has 4 N–H and O–H groups in total. The zero-order valence-corrected chi connectivity index (χ0v) is 22.0. The predicted molar refractivity (Wildman–Crippen MR) is 130 cm³/mol. The number of aliphatic hydroxyl groups excluding tert-OH is 1. The minimum Gasteiger partial charge on any atom is -0.458 e. The highest BCUT2D eigenvalue weighted by atomic mass is 16.6. The number of hydrogen-bond acceptors (Lipinski definition) is 11. The topological polar surface area (TPSA) is 180 Å². The lowest BCUT2D eigenvalue weighted by Gasteiger charge is -2.64. The molecule has 7 aliphatic rings. The van der Waals surface area contributed by atoms with E-state index in [2.05, 4.69) is 4.99 Å². The van der Waals surface area contributed by atoms with Crippen LogP contribution in [0.15, 0.2) is 17.1 Å². The average Bonchev–Trinajstić information content (AvgIpc) is 3.03. The molecule has 11 heteroatoms. The number of carbonyl (C=O) groups excluding carboxylic acids is 4. The van der Waals surface area contributed by atoms with Gasteiger partial charge in [-0.2, -0.15) is 0 Å². The summed E-state index contributed by atoms with van der Waals surface area (Å²) in [6.45, 7) is 4.61. The van der Waals surface area contributed by atoms with Crippen molar-refractivity contribution in [1.82, 2.24) is 0 Å². The van der Waals surface area contributed by atoms with Gasteiger partial charge in [-0.1, -0.05) is 13.0 Å². The normalized spacial score (nSPS) is 57.3. The monoisotopic (exact) mass is 543 g/mol. The lowest BCUT2D eigenvalue weighted by Crippen LogP contribution is -2.80. The molecule has 2 bridgehead atoms. The zero-order valence-electron chi connectivity index (χ0n) is 22.0. The van der Waals surface area contributed by atoms with Gasteiger partial charge in [0, 0.05) is 11.8 Å². The van der Waals surface area contributed by atoms with E-state index in [1.165, 1.54) is 26.0 Å². The summed E-state index contributed by atoms with van der Waals surface area (Å²) in [5.41, 5.74) is -11.4. The lowest BCUT2D eigenvalue weighted by atomic mass is 9.44. The fourth-order valence-electron chi connectivity index (χ4n) is 9.79. The van der Waals surface area contributed by atoms with Crippen molar-refractivity contribution in [2.45, 2.75) is 87.5 Å². The standard InChI is InChI=1S/C28H33NO10/c1-23-10-17-25(3)28(37)20(23)18(29-11-14(23)21(33)38-17)19(32)12-9-16(31)26(35)7-4-5-15(30)24(26,2)13(12)6-8-27(28,36)22(34)39-25/h4-5,12-14,16-17,20,31,35-37H,6-11H2,1-3H3/t12-,13+,14+,16-,17-,20+,23-,24+,25+,26+,27+,28+/m1/s1. The molecule has 0 unspecified atom stereocenters. The number of esters is 2. The molecule has 4 aliphatic carbocycles. The Balaban J connectivity index is 1.49. The van der Waals surface area contributed by atoms with Crippen LogP contribution in [0.3, 0.4) is 0 Å². The van der Waals surface area contributed by atoms with E-state index in [9.17, 15) is 39.6 Å². The average molecular weight is 544 g/mol. The second kappa shape index (κ2) is 7.05. The van der Waals surface area contributed by atoms with Crippen LogP contribution in [-0.4, -0.2) is 90.8 Å². The third-order valence-corrected chi connectivity index (χ3v) is 12.2. The summed E-state index contributed by atoms with van der Waals surface area (Å²) in [5.74, 6) is -6.61. The molecular weight excluding hydrogens is 510 g/mol. The molecule has 11 nitrogen and oxygen atoms in total. The summed E-state index contributed by atoms with van der Waals surface area (Å²) < 4.78 is 11.4. The Kier molecular flexibility index (Phi) is 4.61. The number of ketones is 2. The lowest BCUT2D eigenvalue weighted by molar-refractivity contribution is -0.291. The Hall–Kier alpha value is -2.47. The minimum atomic E-state index is -2.52. The van der Waals surface area contributed by atoms with Crippen LogP contribution in [-0.2, 0) is 28.7 Å². The largest absolute Gasteiger partial charge is 0.458 e. The number of fused-ring (bicyclic) bond motifs is 5. The van der Waals surface area contributed by atoms with Crippen molar-refractivity contribution in [3.63, 3.8) is 0 Å². The number of rotatable bonds is 0. The van der Waals surface area contributed by atoms with Crippen LogP contribution >= 0.6 is 0 Å². The smallest absolute Gasteiger partial charge is 0.342 e. The van der Waals surface area contributed by atoms with E-state index in [1.807, 2.05) is 0 Å². The van der Waals surface area contributed by atoms with E-state index in [1.54, 1.807) is 6.92 Å². The molecule has 0 amide bonds. The summed E-state index contributed by atoms with van der Waals surface area (Å²) in [7, 11) is 0. The van der Waals surface area contributed by atoms with Crippen LogP contribution in [0.4, 0.5) is 0 Å². The molecule has 2 saturated heterocycles. The summed E-state index contributed by atoms with van der Waals surface area (Å²) in [6.07, 6.45) is -0.100. The number of aliphatic hydroxyl groups is 4. The first-order valence-electron chi connectivity index (χ1n) is 13.7. The van der Waals surface area contributed by atoms with Crippen molar-refractivity contribution in [2.75, 3.05) is 6.54 Å². The number of nitrogens with zero attached hydrogens (tertiary/aromatic N) is 1. The third-order valence-electron chi connectivity index (χ3n) is 12.2. The molecule has 0 radical (unpaired) electrons. The second-order valence-corrected chi connectivity index (χ2v) is 13.4. The Morgan fingerprint density at radius 2 is 1.79 bits per heavy atom. The van der Waals surface area contributed by atoms with E-state index in [-0.39, 0.29) is 44.4 Å². The van der Waals surface area contributed by atoms with Crippen LogP contribution < -0.4 is 0 Å². The van der Waals surface area contributed by atoms with E-state index < -0.39 is 92.6 Å². The number of hydrogen-bond donors (Lipinski definition) is 4. The van der Waals surface area contributed by atoms with E-state index in [0.717, 1.165) is 0 Å². The fraction of sp³-hybridized carbons (Fsp3) is 0.750. The molecule has 0 aromatic rings. The van der Waals surface area contributed by atoms with Crippen LogP contribution in [0.25, 0.3) is 0 Å². The summed E-state index contributed by atoms with van der Waals surface area (Å²) in [6, 6.07) is 0. The maximum Gasteiger partial charge on any atom is 0.342 e. The Morgan fingerprint density at radius 1 is 1.08 bits per heavy atom. The van der Waals surface area contributed by atoms with Crippen molar-refractivity contribution in [3.05, 3.63) is 12.2 Å². The molecule has 3 saturated carbocycles. The van der Waals surface area contributed by atoms with Crippen LogP contribution in [0.5, 0.6) is 0 Å². The van der Waals surface area contributed by atoms with Crippen molar-refractivity contribution < 1.29 is 49.1 Å². The Bertz CT molecular complexity index is 1320. The van der Waals surface area contributed by atoms with Crippen molar-refractivity contribution in [2.24, 2.45) is 39.5 Å². The van der Waals surface area contributed by atoms with Gasteiger partial charge in [0.25, 0.3) is 0 Å². The molecule has 210 valence electrons. The summed E-state index contributed by atoms with van der Waals surface area (Å²) in [4.78, 5) is 59.2. The number of aliphatic imine (C=N–C) groups is 1. The summed E-state index contributed by atoms with van der Waals surface area (Å²) >= 11 is 0. The van der Waals surface area contributed by atoms with Crippen molar-refractivity contribution in [3.8, 4) is 0 Å². The molecule has 39 heavy (non-hydrogen) atoms. The van der Waals surface area contributed by atoms with Gasteiger partial charge in [-0.25, -0.2) is 4.79 Å². The molecule has 5 fully saturated rings. The minimum absolute atomic E-state index is 0.00735. The van der Waals surface area contributed by atoms with Crippen LogP contribution in [0.1, 0.15) is 52.9 Å². The Morgan fingerprint density at radius 3 is 2.51 bits per heavy atom. The molecule has 12 atom stereocenters. The van der Waals surface area contributed by atoms with Gasteiger partial charge in [0.2, 0.25) is 0 Å². The maximum absolute atomic E-state index is 14.5. The molecule has 3 heterocycles. The highest BCUT2D eigenvalue weighted by molar-refractivity contribution is 6.42. The summed E-state index contributed by atoms with van der Waals surface area (Å²) in [5, 5.41) is 47.8. The molecular formula is C28H33NO10. The molecule has 7 rings (SSSR count). The highest BCUT2D eigenvalue weighted by Gasteiger charge is 2.86. The van der Waals surface area contributed by atoms with Crippen molar-refractivity contribution in [1.29, 1.82) is 0 Å². The zero-order chi connectivity index (χ0) is 28.1. The van der Waals surface area contributed by atoms with Gasteiger partial charge in [-0.3, -0.25) is 19.4 Å². The quantitative estimate of drug-likeness (QED) is 0.289.